The van der Waals surface area contributed by atoms with Crippen molar-refractivity contribution in [2.75, 3.05) is 19.6 Å². The van der Waals surface area contributed by atoms with Gasteiger partial charge in [-0.25, -0.2) is 0 Å². The predicted octanol–water partition coefficient (Wildman–Crippen LogP) is 1.55. The summed E-state index contributed by atoms with van der Waals surface area (Å²) < 4.78 is 37.3. The van der Waals surface area contributed by atoms with Crippen LogP contribution in [0.15, 0.2) is 12.4 Å². The molecule has 0 N–H and O–H groups in total. The molecular weight excluding hydrogens is 233 g/mol. The number of hydrogen-bond donors (Lipinski definition) is 0. The van der Waals surface area contributed by atoms with Crippen molar-refractivity contribution in [2.24, 2.45) is 5.92 Å². The van der Waals surface area contributed by atoms with Gasteiger partial charge in [-0.05, 0) is 25.9 Å². The fourth-order valence-corrected chi connectivity index (χ4v) is 2.07. The van der Waals surface area contributed by atoms with Gasteiger partial charge in [-0.3, -0.25) is 0 Å². The largest absolute Gasteiger partial charge is 0.391 e. The van der Waals surface area contributed by atoms with Crippen molar-refractivity contribution in [3.05, 3.63) is 12.4 Å². The number of rotatable bonds is 3. The van der Waals surface area contributed by atoms with Gasteiger partial charge in [-0.15, -0.1) is 0 Å². The van der Waals surface area contributed by atoms with Crippen LogP contribution in [0.1, 0.15) is 12.8 Å². The van der Waals surface area contributed by atoms with Gasteiger partial charge >= 0.3 is 6.18 Å². The highest BCUT2D eigenvalue weighted by Crippen LogP contribution is 2.33. The molecule has 96 valence electrons. The molecule has 1 saturated heterocycles. The SMILES string of the molecule is FC(F)(F)C1CCN(CCn2nccn2)CC1. The molecule has 17 heavy (non-hydrogen) atoms. The third-order valence-electron chi connectivity index (χ3n) is 3.13. The van der Waals surface area contributed by atoms with E-state index in [-0.39, 0.29) is 12.8 Å². The van der Waals surface area contributed by atoms with Crippen molar-refractivity contribution in [1.82, 2.24) is 19.9 Å². The summed E-state index contributed by atoms with van der Waals surface area (Å²) in [5.74, 6) is -1.12. The first-order valence-electron chi connectivity index (χ1n) is 5.69. The second kappa shape index (κ2) is 5.03. The van der Waals surface area contributed by atoms with E-state index in [1.165, 1.54) is 0 Å². The van der Waals surface area contributed by atoms with Crippen molar-refractivity contribution in [1.29, 1.82) is 0 Å². The molecular formula is C10H15F3N4. The van der Waals surface area contributed by atoms with Crippen LogP contribution in [0.4, 0.5) is 13.2 Å². The molecule has 0 radical (unpaired) electrons. The van der Waals surface area contributed by atoms with E-state index in [0.29, 0.717) is 26.2 Å². The standard InChI is InChI=1S/C10H15F3N4/c11-10(12,13)9-1-5-16(6-2-9)7-8-17-14-3-4-15-17/h3-4,9H,1-2,5-8H2. The van der Waals surface area contributed by atoms with Crippen molar-refractivity contribution in [3.63, 3.8) is 0 Å². The maximum absolute atomic E-state index is 12.4. The summed E-state index contributed by atoms with van der Waals surface area (Å²) in [7, 11) is 0. The lowest BCUT2D eigenvalue weighted by Gasteiger charge is -2.32. The molecule has 0 saturated carbocycles. The Hall–Kier alpha value is -1.11. The number of likely N-dealkylation sites (tertiary alicyclic amines) is 1. The van der Waals surface area contributed by atoms with Crippen LogP contribution < -0.4 is 0 Å². The number of nitrogens with zero attached hydrogens (tertiary/aromatic N) is 4. The minimum absolute atomic E-state index is 0.204. The summed E-state index contributed by atoms with van der Waals surface area (Å²) in [5, 5.41) is 7.91. The van der Waals surface area contributed by atoms with Gasteiger partial charge in [0.25, 0.3) is 0 Å². The highest BCUT2D eigenvalue weighted by Gasteiger charge is 2.40. The van der Waals surface area contributed by atoms with Crippen LogP contribution >= 0.6 is 0 Å². The van der Waals surface area contributed by atoms with Gasteiger partial charge in [-0.2, -0.15) is 28.2 Å². The molecule has 0 spiro atoms. The minimum Gasteiger partial charge on any atom is -0.301 e. The fourth-order valence-electron chi connectivity index (χ4n) is 2.07. The third kappa shape index (κ3) is 3.42. The van der Waals surface area contributed by atoms with Gasteiger partial charge < -0.3 is 4.90 Å². The first-order chi connectivity index (χ1) is 8.05. The summed E-state index contributed by atoms with van der Waals surface area (Å²) in [5.41, 5.74) is 0. The molecule has 0 unspecified atom stereocenters. The van der Waals surface area contributed by atoms with Gasteiger partial charge in [0, 0.05) is 6.54 Å². The van der Waals surface area contributed by atoms with Gasteiger partial charge in [0.05, 0.1) is 24.9 Å². The molecule has 0 aromatic carbocycles. The van der Waals surface area contributed by atoms with E-state index in [9.17, 15) is 13.2 Å². The van der Waals surface area contributed by atoms with E-state index < -0.39 is 12.1 Å². The van der Waals surface area contributed by atoms with Crippen molar-refractivity contribution >= 4 is 0 Å². The Kier molecular flexibility index (Phi) is 3.66. The molecule has 1 aliphatic rings. The third-order valence-corrected chi connectivity index (χ3v) is 3.13. The van der Waals surface area contributed by atoms with Gasteiger partial charge in [0.1, 0.15) is 0 Å². The Morgan fingerprint density at radius 3 is 2.18 bits per heavy atom. The molecule has 0 atom stereocenters. The highest BCUT2D eigenvalue weighted by atomic mass is 19.4. The van der Waals surface area contributed by atoms with Crippen molar-refractivity contribution in [2.45, 2.75) is 25.6 Å². The molecule has 7 heteroatoms. The van der Waals surface area contributed by atoms with Crippen LogP contribution in [0.3, 0.4) is 0 Å². The molecule has 2 heterocycles. The Bertz CT molecular complexity index is 328. The van der Waals surface area contributed by atoms with Crippen LogP contribution in [-0.4, -0.2) is 45.7 Å². The Balaban J connectivity index is 1.72. The molecule has 0 amide bonds. The second-order valence-corrected chi connectivity index (χ2v) is 4.28. The lowest BCUT2D eigenvalue weighted by atomic mass is 9.96. The van der Waals surface area contributed by atoms with Crippen LogP contribution in [0.5, 0.6) is 0 Å². The van der Waals surface area contributed by atoms with E-state index in [2.05, 4.69) is 10.2 Å². The normalized spacial score (nSPS) is 19.7. The summed E-state index contributed by atoms with van der Waals surface area (Å²) in [6.45, 7) is 2.35. The average Bonchev–Trinajstić information content (AvgIpc) is 2.78. The monoisotopic (exact) mass is 248 g/mol. The quantitative estimate of drug-likeness (QED) is 0.814. The Morgan fingerprint density at radius 1 is 1.06 bits per heavy atom. The van der Waals surface area contributed by atoms with Crippen LogP contribution in [0, 0.1) is 5.92 Å². The van der Waals surface area contributed by atoms with Crippen LogP contribution in [0.2, 0.25) is 0 Å². The number of hydrogen-bond acceptors (Lipinski definition) is 3. The maximum Gasteiger partial charge on any atom is 0.391 e. The lowest BCUT2D eigenvalue weighted by Crippen LogP contribution is -2.40. The number of aromatic nitrogens is 3. The van der Waals surface area contributed by atoms with Crippen LogP contribution in [-0.2, 0) is 6.54 Å². The number of piperidine rings is 1. The van der Waals surface area contributed by atoms with Crippen molar-refractivity contribution < 1.29 is 13.2 Å². The maximum atomic E-state index is 12.4. The second-order valence-electron chi connectivity index (χ2n) is 4.28. The van der Waals surface area contributed by atoms with Gasteiger partial charge in [0.2, 0.25) is 0 Å². The summed E-state index contributed by atoms with van der Waals surface area (Å²) in [6, 6.07) is 0. The van der Waals surface area contributed by atoms with E-state index in [1.807, 2.05) is 4.90 Å². The van der Waals surface area contributed by atoms with E-state index >= 15 is 0 Å². The Labute approximate surface area is 97.4 Å². The number of halogens is 3. The van der Waals surface area contributed by atoms with E-state index in [4.69, 9.17) is 0 Å². The van der Waals surface area contributed by atoms with Gasteiger partial charge in [-0.1, -0.05) is 0 Å². The Morgan fingerprint density at radius 2 is 1.65 bits per heavy atom. The van der Waals surface area contributed by atoms with Crippen LogP contribution in [0.25, 0.3) is 0 Å². The molecule has 1 aromatic rings. The summed E-state index contributed by atoms with van der Waals surface area (Å²) >= 11 is 0. The molecule has 1 fully saturated rings. The van der Waals surface area contributed by atoms with E-state index in [0.717, 1.165) is 0 Å². The molecule has 0 bridgehead atoms. The smallest absolute Gasteiger partial charge is 0.301 e. The first-order valence-corrected chi connectivity index (χ1v) is 5.69. The molecule has 1 aliphatic heterocycles. The highest BCUT2D eigenvalue weighted by molar-refractivity contribution is 4.76. The summed E-state index contributed by atoms with van der Waals surface area (Å²) in [6.07, 6.45) is -0.437. The molecule has 0 aliphatic carbocycles. The predicted molar refractivity (Wildman–Crippen MR) is 55.2 cm³/mol. The fraction of sp³-hybridized carbons (Fsp3) is 0.800. The molecule has 2 rings (SSSR count). The molecule has 4 nitrogen and oxygen atoms in total. The minimum atomic E-state index is -4.03. The summed E-state index contributed by atoms with van der Waals surface area (Å²) in [4.78, 5) is 3.58. The van der Waals surface area contributed by atoms with Crippen molar-refractivity contribution in [3.8, 4) is 0 Å². The zero-order chi connectivity index (χ0) is 12.3. The lowest BCUT2D eigenvalue weighted by molar-refractivity contribution is -0.185. The zero-order valence-electron chi connectivity index (χ0n) is 9.40. The average molecular weight is 248 g/mol. The first kappa shape index (κ1) is 12.3. The topological polar surface area (TPSA) is 34.0 Å². The molecule has 1 aromatic heterocycles. The van der Waals surface area contributed by atoms with Gasteiger partial charge in [0.15, 0.2) is 0 Å². The van der Waals surface area contributed by atoms with E-state index in [1.54, 1.807) is 17.2 Å². The zero-order valence-corrected chi connectivity index (χ0v) is 9.40. The number of alkyl halides is 3.